The van der Waals surface area contributed by atoms with Gasteiger partial charge in [0, 0.05) is 22.5 Å². The van der Waals surface area contributed by atoms with Crippen LogP contribution in [0.25, 0.3) is 10.8 Å². The Morgan fingerprint density at radius 1 is 1.29 bits per heavy atom. The normalized spacial score (nSPS) is 13.4. The second-order valence-electron chi connectivity index (χ2n) is 5.23. The summed E-state index contributed by atoms with van der Waals surface area (Å²) in [5.41, 5.74) is 3.75. The minimum Gasteiger partial charge on any atom is -0.488 e. The van der Waals surface area contributed by atoms with Gasteiger partial charge in [0.2, 0.25) is 0 Å². The molecule has 1 N–H and O–H groups in total. The molecule has 1 atom stereocenters. The molecule has 0 spiro atoms. The minimum atomic E-state index is 0.245. The van der Waals surface area contributed by atoms with Crippen molar-refractivity contribution in [3.63, 3.8) is 0 Å². The van der Waals surface area contributed by atoms with Gasteiger partial charge >= 0.3 is 0 Å². The fourth-order valence-corrected chi connectivity index (χ4v) is 2.46. The van der Waals surface area contributed by atoms with Gasteiger partial charge in [-0.3, -0.25) is 0 Å². The summed E-state index contributed by atoms with van der Waals surface area (Å²) in [6.45, 7) is 7.66. The van der Waals surface area contributed by atoms with Crippen LogP contribution in [0, 0.1) is 0 Å². The standard InChI is InChI=1S/C18H22ClNO/c1-4-20-14(3)16-10-9-15-7-5-6-8-17(15)18(16)21-12-13(2)11-19/h5-11,14,20H,4,12H2,1-3H3/b13-11+. The lowest BCUT2D eigenvalue weighted by Gasteiger charge is -2.19. The van der Waals surface area contributed by atoms with Crippen LogP contribution in [0.3, 0.4) is 0 Å². The van der Waals surface area contributed by atoms with Gasteiger partial charge in [-0.2, -0.15) is 0 Å². The fourth-order valence-electron chi connectivity index (χ4n) is 2.40. The van der Waals surface area contributed by atoms with Crippen molar-refractivity contribution in [1.82, 2.24) is 5.32 Å². The number of benzene rings is 2. The predicted molar refractivity (Wildman–Crippen MR) is 91.1 cm³/mol. The van der Waals surface area contributed by atoms with Crippen molar-refractivity contribution in [1.29, 1.82) is 0 Å². The largest absolute Gasteiger partial charge is 0.488 e. The Morgan fingerprint density at radius 2 is 2.05 bits per heavy atom. The minimum absolute atomic E-state index is 0.245. The Labute approximate surface area is 131 Å². The van der Waals surface area contributed by atoms with E-state index in [2.05, 4.69) is 43.4 Å². The van der Waals surface area contributed by atoms with Crippen molar-refractivity contribution in [3.8, 4) is 5.75 Å². The molecule has 0 bridgehead atoms. The smallest absolute Gasteiger partial charge is 0.132 e. The van der Waals surface area contributed by atoms with Crippen LogP contribution in [0.2, 0.25) is 0 Å². The molecule has 2 aromatic rings. The summed E-state index contributed by atoms with van der Waals surface area (Å²) in [6, 6.07) is 12.8. The van der Waals surface area contributed by atoms with Gasteiger partial charge in [-0.15, -0.1) is 0 Å². The van der Waals surface area contributed by atoms with E-state index in [-0.39, 0.29) is 6.04 Å². The highest BCUT2D eigenvalue weighted by molar-refractivity contribution is 6.25. The molecule has 0 aromatic heterocycles. The molecule has 1 unspecified atom stereocenters. The Morgan fingerprint density at radius 3 is 2.76 bits per heavy atom. The number of halogens is 1. The Hall–Kier alpha value is -1.51. The maximum atomic E-state index is 6.08. The lowest BCUT2D eigenvalue weighted by atomic mass is 10.0. The molecule has 0 aliphatic heterocycles. The number of rotatable bonds is 6. The lowest BCUT2D eigenvalue weighted by molar-refractivity contribution is 0.348. The van der Waals surface area contributed by atoms with E-state index in [1.807, 2.05) is 19.1 Å². The second kappa shape index (κ2) is 7.48. The summed E-state index contributed by atoms with van der Waals surface area (Å²) in [4.78, 5) is 0. The summed E-state index contributed by atoms with van der Waals surface area (Å²) in [5, 5.41) is 5.78. The van der Waals surface area contributed by atoms with Crippen LogP contribution in [0.15, 0.2) is 47.5 Å². The molecule has 112 valence electrons. The molecule has 0 radical (unpaired) electrons. The zero-order chi connectivity index (χ0) is 15.2. The Bertz CT molecular complexity index is 636. The summed E-state index contributed by atoms with van der Waals surface area (Å²) in [5.74, 6) is 0.944. The quantitative estimate of drug-likeness (QED) is 0.808. The average molecular weight is 304 g/mol. The fraction of sp³-hybridized carbons (Fsp3) is 0.333. The van der Waals surface area contributed by atoms with Crippen LogP contribution >= 0.6 is 11.6 Å². The molecule has 0 saturated carbocycles. The van der Waals surface area contributed by atoms with Gasteiger partial charge in [0.1, 0.15) is 12.4 Å². The van der Waals surface area contributed by atoms with E-state index in [1.165, 1.54) is 10.9 Å². The van der Waals surface area contributed by atoms with Crippen molar-refractivity contribution >= 4 is 22.4 Å². The third kappa shape index (κ3) is 3.78. The number of ether oxygens (including phenoxy) is 1. The number of fused-ring (bicyclic) bond motifs is 1. The maximum absolute atomic E-state index is 6.08. The first-order chi connectivity index (χ1) is 10.2. The topological polar surface area (TPSA) is 21.3 Å². The third-order valence-electron chi connectivity index (χ3n) is 3.52. The zero-order valence-corrected chi connectivity index (χ0v) is 13.6. The van der Waals surface area contributed by atoms with Gasteiger partial charge in [-0.25, -0.2) is 0 Å². The Balaban J connectivity index is 2.46. The van der Waals surface area contributed by atoms with Crippen LogP contribution in [0.1, 0.15) is 32.4 Å². The molecule has 21 heavy (non-hydrogen) atoms. The molecule has 0 heterocycles. The number of nitrogens with one attached hydrogen (secondary N) is 1. The average Bonchev–Trinajstić information content (AvgIpc) is 2.52. The summed E-state index contributed by atoms with van der Waals surface area (Å²) >= 11 is 5.73. The molecular formula is C18H22ClNO. The molecule has 0 fully saturated rings. The van der Waals surface area contributed by atoms with E-state index in [0.717, 1.165) is 23.3 Å². The maximum Gasteiger partial charge on any atom is 0.132 e. The van der Waals surface area contributed by atoms with Crippen LogP contribution < -0.4 is 10.1 Å². The van der Waals surface area contributed by atoms with Gasteiger partial charge < -0.3 is 10.1 Å². The van der Waals surface area contributed by atoms with Gasteiger partial charge in [0.15, 0.2) is 0 Å². The molecule has 2 nitrogen and oxygen atoms in total. The van der Waals surface area contributed by atoms with Gasteiger partial charge in [0.25, 0.3) is 0 Å². The van der Waals surface area contributed by atoms with Crippen molar-refractivity contribution in [3.05, 3.63) is 53.1 Å². The first-order valence-electron chi connectivity index (χ1n) is 7.31. The van der Waals surface area contributed by atoms with Crippen LogP contribution in [0.5, 0.6) is 5.75 Å². The van der Waals surface area contributed by atoms with E-state index in [0.29, 0.717) is 6.61 Å². The van der Waals surface area contributed by atoms with Gasteiger partial charge in [-0.05, 0) is 31.4 Å². The number of hydrogen-bond acceptors (Lipinski definition) is 2. The molecule has 2 aromatic carbocycles. The molecule has 0 amide bonds. The van der Waals surface area contributed by atoms with Gasteiger partial charge in [-0.1, -0.05) is 54.9 Å². The van der Waals surface area contributed by atoms with Crippen molar-refractivity contribution in [2.24, 2.45) is 0 Å². The molecule has 0 aliphatic carbocycles. The van der Waals surface area contributed by atoms with E-state index in [4.69, 9.17) is 16.3 Å². The van der Waals surface area contributed by atoms with Crippen molar-refractivity contribution in [2.75, 3.05) is 13.2 Å². The highest BCUT2D eigenvalue weighted by Gasteiger charge is 2.14. The first kappa shape index (κ1) is 15.9. The predicted octanol–water partition coefficient (Wildman–Crippen LogP) is 5.03. The SMILES string of the molecule is CCNC(C)c1ccc2ccccc2c1OC/C(C)=C/Cl. The van der Waals surface area contributed by atoms with E-state index in [1.54, 1.807) is 5.54 Å². The highest BCUT2D eigenvalue weighted by atomic mass is 35.5. The molecule has 2 rings (SSSR count). The molecule has 0 aliphatic rings. The van der Waals surface area contributed by atoms with Crippen LogP contribution in [0.4, 0.5) is 0 Å². The molecular weight excluding hydrogens is 282 g/mol. The van der Waals surface area contributed by atoms with Crippen molar-refractivity contribution in [2.45, 2.75) is 26.8 Å². The van der Waals surface area contributed by atoms with E-state index in [9.17, 15) is 0 Å². The van der Waals surface area contributed by atoms with Crippen molar-refractivity contribution < 1.29 is 4.74 Å². The molecule has 3 heteroatoms. The highest BCUT2D eigenvalue weighted by Crippen LogP contribution is 2.34. The second-order valence-corrected chi connectivity index (χ2v) is 5.45. The lowest BCUT2D eigenvalue weighted by Crippen LogP contribution is -2.18. The van der Waals surface area contributed by atoms with Crippen LogP contribution in [-0.4, -0.2) is 13.2 Å². The summed E-state index contributed by atoms with van der Waals surface area (Å²) in [7, 11) is 0. The third-order valence-corrected chi connectivity index (χ3v) is 3.89. The summed E-state index contributed by atoms with van der Waals surface area (Å²) < 4.78 is 6.08. The zero-order valence-electron chi connectivity index (χ0n) is 12.8. The monoisotopic (exact) mass is 303 g/mol. The van der Waals surface area contributed by atoms with Crippen LogP contribution in [-0.2, 0) is 0 Å². The first-order valence-corrected chi connectivity index (χ1v) is 7.74. The molecule has 0 saturated heterocycles. The Kier molecular flexibility index (Phi) is 5.66. The van der Waals surface area contributed by atoms with E-state index < -0.39 is 0 Å². The summed E-state index contributed by atoms with van der Waals surface area (Å²) in [6.07, 6.45) is 0. The number of hydrogen-bond donors (Lipinski definition) is 1. The van der Waals surface area contributed by atoms with E-state index >= 15 is 0 Å². The van der Waals surface area contributed by atoms with Gasteiger partial charge in [0.05, 0.1) is 0 Å².